The number of hydrogen-bond acceptors (Lipinski definition) is 4. The molecular weight excluding hydrogens is 368 g/mol. The van der Waals surface area contributed by atoms with Gasteiger partial charge in [0.1, 0.15) is 5.60 Å². The smallest absolute Gasteiger partial charge is 0.410 e. The van der Waals surface area contributed by atoms with Crippen LogP contribution in [-0.4, -0.2) is 45.8 Å². The number of anilines is 1. The molecule has 4 rings (SSSR count). The second kappa shape index (κ2) is 7.54. The molecule has 1 unspecified atom stereocenters. The standard InChI is InChI=1S/C22H28N4O3/c1-22(2,3)29-21(28)26-12-7-6-10-19(26)16-14-17(24-23-16)20(27)25-13-11-15-8-4-5-9-18(15)25/h4-5,8-9,14,19H,6-7,10-13H2,1-3H3,(H,23,24). The van der Waals surface area contributed by atoms with Crippen molar-refractivity contribution >= 4 is 17.7 Å². The first-order chi connectivity index (χ1) is 13.8. The summed E-state index contributed by atoms with van der Waals surface area (Å²) in [5.41, 5.74) is 2.75. The first-order valence-corrected chi connectivity index (χ1v) is 10.3. The van der Waals surface area contributed by atoms with Gasteiger partial charge in [-0.3, -0.25) is 14.8 Å². The highest BCUT2D eigenvalue weighted by Crippen LogP contribution is 2.33. The van der Waals surface area contributed by atoms with Crippen LogP contribution in [0.5, 0.6) is 0 Å². The lowest BCUT2D eigenvalue weighted by Crippen LogP contribution is -2.42. The van der Waals surface area contributed by atoms with E-state index >= 15 is 0 Å². The molecule has 1 atom stereocenters. The maximum atomic E-state index is 13.0. The lowest BCUT2D eigenvalue weighted by Gasteiger charge is -2.36. The van der Waals surface area contributed by atoms with Crippen LogP contribution in [0.4, 0.5) is 10.5 Å². The summed E-state index contributed by atoms with van der Waals surface area (Å²) in [6.45, 7) is 6.90. The fraction of sp³-hybridized carbons (Fsp3) is 0.500. The van der Waals surface area contributed by atoms with Gasteiger partial charge in [-0.15, -0.1) is 0 Å². The largest absolute Gasteiger partial charge is 0.444 e. The first-order valence-electron chi connectivity index (χ1n) is 10.3. The monoisotopic (exact) mass is 396 g/mol. The molecule has 29 heavy (non-hydrogen) atoms. The molecule has 154 valence electrons. The normalized spacial score (nSPS) is 19.2. The number of likely N-dealkylation sites (tertiary alicyclic amines) is 1. The topological polar surface area (TPSA) is 78.5 Å². The summed E-state index contributed by atoms with van der Waals surface area (Å²) >= 11 is 0. The predicted octanol–water partition coefficient (Wildman–Crippen LogP) is 4.07. The highest BCUT2D eigenvalue weighted by atomic mass is 16.6. The molecule has 1 N–H and O–H groups in total. The summed E-state index contributed by atoms with van der Waals surface area (Å²) in [4.78, 5) is 29.3. The molecular formula is C22H28N4O3. The van der Waals surface area contributed by atoms with Crippen LogP contribution >= 0.6 is 0 Å². The Kier molecular flexibility index (Phi) is 5.06. The second-order valence-electron chi connectivity index (χ2n) is 8.73. The molecule has 7 nitrogen and oxygen atoms in total. The number of ether oxygens (including phenoxy) is 1. The number of fused-ring (bicyclic) bond motifs is 1. The van der Waals surface area contributed by atoms with Gasteiger partial charge >= 0.3 is 6.09 Å². The zero-order chi connectivity index (χ0) is 20.6. The Bertz CT molecular complexity index is 915. The van der Waals surface area contributed by atoms with Gasteiger partial charge in [0.25, 0.3) is 5.91 Å². The van der Waals surface area contributed by atoms with Gasteiger partial charge in [-0.2, -0.15) is 5.10 Å². The van der Waals surface area contributed by atoms with Crippen LogP contribution in [0.2, 0.25) is 0 Å². The average molecular weight is 396 g/mol. The minimum absolute atomic E-state index is 0.114. The van der Waals surface area contributed by atoms with Gasteiger partial charge in [-0.05, 0) is 64.2 Å². The molecule has 1 aromatic carbocycles. The molecule has 2 aliphatic heterocycles. The van der Waals surface area contributed by atoms with E-state index in [0.29, 0.717) is 18.8 Å². The van der Waals surface area contributed by atoms with E-state index in [-0.39, 0.29) is 18.0 Å². The van der Waals surface area contributed by atoms with Crippen molar-refractivity contribution in [3.05, 3.63) is 47.3 Å². The second-order valence-corrected chi connectivity index (χ2v) is 8.73. The van der Waals surface area contributed by atoms with Crippen molar-refractivity contribution in [2.75, 3.05) is 18.0 Å². The zero-order valence-electron chi connectivity index (χ0n) is 17.3. The summed E-state index contributed by atoms with van der Waals surface area (Å²) in [5.74, 6) is -0.114. The fourth-order valence-electron chi connectivity index (χ4n) is 4.10. The molecule has 0 radical (unpaired) electrons. The van der Waals surface area contributed by atoms with Gasteiger partial charge < -0.3 is 9.64 Å². The molecule has 0 aliphatic carbocycles. The van der Waals surface area contributed by atoms with E-state index in [0.717, 1.165) is 37.1 Å². The number of para-hydroxylation sites is 1. The number of piperidine rings is 1. The van der Waals surface area contributed by atoms with Crippen molar-refractivity contribution in [3.63, 3.8) is 0 Å². The fourth-order valence-corrected chi connectivity index (χ4v) is 4.10. The highest BCUT2D eigenvalue weighted by Gasteiger charge is 2.34. The quantitative estimate of drug-likeness (QED) is 0.830. The maximum Gasteiger partial charge on any atom is 0.410 e. The molecule has 1 aromatic heterocycles. The highest BCUT2D eigenvalue weighted by molar-refractivity contribution is 6.06. The Morgan fingerprint density at radius 2 is 1.97 bits per heavy atom. The van der Waals surface area contributed by atoms with Crippen molar-refractivity contribution in [2.45, 2.75) is 58.1 Å². The summed E-state index contributed by atoms with van der Waals surface area (Å²) in [5, 5.41) is 7.29. The number of nitrogens with zero attached hydrogens (tertiary/aromatic N) is 3. The third-order valence-corrected chi connectivity index (χ3v) is 5.44. The Balaban J connectivity index is 1.53. The van der Waals surface area contributed by atoms with Gasteiger partial charge in [0, 0.05) is 18.8 Å². The van der Waals surface area contributed by atoms with Gasteiger partial charge in [-0.1, -0.05) is 18.2 Å². The number of benzene rings is 1. The van der Waals surface area contributed by atoms with Crippen LogP contribution in [-0.2, 0) is 11.2 Å². The van der Waals surface area contributed by atoms with E-state index in [1.54, 1.807) is 15.9 Å². The third kappa shape index (κ3) is 3.99. The van der Waals surface area contributed by atoms with E-state index in [1.807, 2.05) is 39.0 Å². The summed E-state index contributed by atoms with van der Waals surface area (Å²) in [7, 11) is 0. The maximum absolute atomic E-state index is 13.0. The number of carbonyl (C=O) groups excluding carboxylic acids is 2. The molecule has 1 fully saturated rings. The Morgan fingerprint density at radius 3 is 2.76 bits per heavy atom. The van der Waals surface area contributed by atoms with Crippen LogP contribution in [0.25, 0.3) is 0 Å². The summed E-state index contributed by atoms with van der Waals surface area (Å²) < 4.78 is 5.58. The number of H-pyrrole nitrogens is 1. The summed E-state index contributed by atoms with van der Waals surface area (Å²) in [6.07, 6.45) is 3.32. The van der Waals surface area contributed by atoms with Crippen molar-refractivity contribution in [3.8, 4) is 0 Å². The molecule has 0 bridgehead atoms. The Morgan fingerprint density at radius 1 is 1.17 bits per heavy atom. The average Bonchev–Trinajstić information content (AvgIpc) is 3.34. The number of amides is 2. The first kappa shape index (κ1) is 19.5. The number of rotatable bonds is 2. The van der Waals surface area contributed by atoms with E-state index in [1.165, 1.54) is 5.56 Å². The lowest BCUT2D eigenvalue weighted by atomic mass is 9.99. The zero-order valence-corrected chi connectivity index (χ0v) is 17.3. The minimum atomic E-state index is -0.544. The Hall–Kier alpha value is -2.83. The van der Waals surface area contributed by atoms with Crippen LogP contribution in [0, 0.1) is 0 Å². The van der Waals surface area contributed by atoms with E-state index in [2.05, 4.69) is 16.3 Å². The minimum Gasteiger partial charge on any atom is -0.444 e. The lowest BCUT2D eigenvalue weighted by molar-refractivity contribution is 0.00900. The number of hydrogen-bond donors (Lipinski definition) is 1. The number of carbonyl (C=O) groups is 2. The Labute approximate surface area is 171 Å². The molecule has 2 aliphatic rings. The molecule has 0 spiro atoms. The van der Waals surface area contributed by atoms with Crippen LogP contribution in [0.1, 0.15) is 67.8 Å². The molecule has 2 aromatic rings. The van der Waals surface area contributed by atoms with Crippen molar-refractivity contribution in [2.24, 2.45) is 0 Å². The van der Waals surface area contributed by atoms with Gasteiger partial charge in [0.15, 0.2) is 5.69 Å². The molecule has 7 heteroatoms. The number of aromatic nitrogens is 2. The van der Waals surface area contributed by atoms with Crippen molar-refractivity contribution in [1.29, 1.82) is 0 Å². The molecule has 0 saturated carbocycles. The van der Waals surface area contributed by atoms with Crippen molar-refractivity contribution < 1.29 is 14.3 Å². The third-order valence-electron chi connectivity index (χ3n) is 5.44. The summed E-state index contributed by atoms with van der Waals surface area (Å²) in [6, 6.07) is 9.60. The van der Waals surface area contributed by atoms with Crippen molar-refractivity contribution in [1.82, 2.24) is 15.1 Å². The van der Waals surface area contributed by atoms with E-state index in [9.17, 15) is 9.59 Å². The van der Waals surface area contributed by atoms with E-state index < -0.39 is 5.60 Å². The van der Waals surface area contributed by atoms with Crippen LogP contribution in [0.3, 0.4) is 0 Å². The van der Waals surface area contributed by atoms with E-state index in [4.69, 9.17) is 4.74 Å². The SMILES string of the molecule is CC(C)(C)OC(=O)N1CCCCC1c1cc(C(=O)N2CCc3ccccc32)n[nH]1. The molecule has 2 amide bonds. The number of aromatic amines is 1. The molecule has 1 saturated heterocycles. The van der Waals surface area contributed by atoms with Crippen LogP contribution < -0.4 is 4.90 Å². The van der Waals surface area contributed by atoms with Gasteiger partial charge in [0.2, 0.25) is 0 Å². The van der Waals surface area contributed by atoms with Gasteiger partial charge in [0.05, 0.1) is 11.7 Å². The van der Waals surface area contributed by atoms with Crippen LogP contribution in [0.15, 0.2) is 30.3 Å². The number of nitrogens with one attached hydrogen (secondary N) is 1. The predicted molar refractivity (Wildman–Crippen MR) is 110 cm³/mol. The van der Waals surface area contributed by atoms with Gasteiger partial charge in [-0.25, -0.2) is 4.79 Å². The molecule has 3 heterocycles.